The van der Waals surface area contributed by atoms with Crippen LogP contribution in [0, 0.1) is 10.1 Å². The van der Waals surface area contributed by atoms with Gasteiger partial charge in [0.25, 0.3) is 0 Å². The van der Waals surface area contributed by atoms with Gasteiger partial charge in [0.05, 0.1) is 4.92 Å². The minimum Gasteiger partial charge on any atom is -0.481 e. The maximum absolute atomic E-state index is 10.8. The first kappa shape index (κ1) is 11.9. The highest BCUT2D eigenvalue weighted by Gasteiger charge is 2.15. The zero-order valence-corrected chi connectivity index (χ0v) is 10.2. The molecule has 0 amide bonds. The van der Waals surface area contributed by atoms with Crippen LogP contribution in [0.15, 0.2) is 35.7 Å². The summed E-state index contributed by atoms with van der Waals surface area (Å²) >= 11 is 7.31. The van der Waals surface area contributed by atoms with Crippen LogP contribution in [0.3, 0.4) is 0 Å². The molecular weight excluding hydrogens is 262 g/mol. The molecule has 4 nitrogen and oxygen atoms in total. The quantitative estimate of drug-likeness (QED) is 0.625. The van der Waals surface area contributed by atoms with Crippen LogP contribution in [0.1, 0.15) is 4.88 Å². The summed E-state index contributed by atoms with van der Waals surface area (Å²) in [6.45, 7) is 0.304. The molecule has 1 aromatic heterocycles. The Labute approximate surface area is 107 Å². The summed E-state index contributed by atoms with van der Waals surface area (Å²) in [7, 11) is 0. The van der Waals surface area contributed by atoms with E-state index in [1.807, 2.05) is 17.5 Å². The molecule has 0 bridgehead atoms. The molecule has 0 unspecified atom stereocenters. The molecule has 0 fully saturated rings. The van der Waals surface area contributed by atoms with Crippen LogP contribution >= 0.6 is 22.9 Å². The van der Waals surface area contributed by atoms with Crippen LogP contribution < -0.4 is 4.74 Å². The molecule has 2 aromatic rings. The molecule has 2 rings (SSSR count). The van der Waals surface area contributed by atoms with Crippen LogP contribution in [0.5, 0.6) is 5.75 Å². The Hall–Kier alpha value is -1.59. The topological polar surface area (TPSA) is 52.4 Å². The number of halogens is 1. The fourth-order valence-electron chi connectivity index (χ4n) is 1.30. The van der Waals surface area contributed by atoms with Gasteiger partial charge in [0.2, 0.25) is 0 Å². The maximum Gasteiger partial charge on any atom is 0.311 e. The third-order valence-electron chi connectivity index (χ3n) is 2.07. The van der Waals surface area contributed by atoms with Gasteiger partial charge in [-0.3, -0.25) is 10.1 Å². The van der Waals surface area contributed by atoms with Gasteiger partial charge in [0.15, 0.2) is 5.75 Å². The number of benzene rings is 1. The van der Waals surface area contributed by atoms with Crippen molar-refractivity contribution in [2.45, 2.75) is 6.61 Å². The van der Waals surface area contributed by atoms with Crippen molar-refractivity contribution in [3.05, 3.63) is 55.7 Å². The predicted molar refractivity (Wildman–Crippen MR) is 66.8 cm³/mol. The molecule has 0 aliphatic rings. The molecule has 1 aromatic carbocycles. The molecule has 1 heterocycles. The zero-order chi connectivity index (χ0) is 12.3. The molecule has 0 spiro atoms. The van der Waals surface area contributed by atoms with E-state index in [9.17, 15) is 10.1 Å². The lowest BCUT2D eigenvalue weighted by Gasteiger charge is -2.05. The Morgan fingerprint density at radius 1 is 1.41 bits per heavy atom. The average molecular weight is 270 g/mol. The van der Waals surface area contributed by atoms with E-state index in [1.165, 1.54) is 29.5 Å². The Balaban J connectivity index is 2.19. The van der Waals surface area contributed by atoms with Gasteiger partial charge in [-0.15, -0.1) is 11.3 Å². The Morgan fingerprint density at radius 2 is 2.24 bits per heavy atom. The summed E-state index contributed by atoms with van der Waals surface area (Å²) in [4.78, 5) is 11.3. The third kappa shape index (κ3) is 2.95. The zero-order valence-electron chi connectivity index (χ0n) is 8.63. The molecule has 0 saturated carbocycles. The average Bonchev–Trinajstić information content (AvgIpc) is 2.78. The molecule has 0 aliphatic carbocycles. The number of rotatable bonds is 4. The molecule has 0 atom stereocenters. The Kier molecular flexibility index (Phi) is 3.61. The van der Waals surface area contributed by atoms with E-state index in [-0.39, 0.29) is 11.4 Å². The fourth-order valence-corrected chi connectivity index (χ4v) is 2.08. The molecule has 6 heteroatoms. The van der Waals surface area contributed by atoms with Crippen LogP contribution in [0.2, 0.25) is 5.02 Å². The highest BCUT2D eigenvalue weighted by Crippen LogP contribution is 2.30. The SMILES string of the molecule is O=[N+]([O-])c1ccc(Cl)cc1OCc1cccs1. The second-order valence-corrected chi connectivity index (χ2v) is 4.71. The molecule has 88 valence electrons. The molecule has 0 radical (unpaired) electrons. The first-order valence-electron chi connectivity index (χ1n) is 4.76. The highest BCUT2D eigenvalue weighted by atomic mass is 35.5. The van der Waals surface area contributed by atoms with E-state index >= 15 is 0 Å². The third-order valence-corrected chi connectivity index (χ3v) is 3.15. The van der Waals surface area contributed by atoms with Gasteiger partial charge in [0.1, 0.15) is 6.61 Å². The standard InChI is InChI=1S/C11H8ClNO3S/c12-8-3-4-10(13(14)15)11(6-8)16-7-9-2-1-5-17-9/h1-6H,7H2. The number of nitrogens with zero attached hydrogens (tertiary/aromatic N) is 1. The normalized spacial score (nSPS) is 10.2. The minimum absolute atomic E-state index is 0.0778. The van der Waals surface area contributed by atoms with E-state index in [4.69, 9.17) is 16.3 Å². The van der Waals surface area contributed by atoms with E-state index in [2.05, 4.69) is 0 Å². The van der Waals surface area contributed by atoms with Crippen molar-refractivity contribution >= 4 is 28.6 Å². The molecule has 0 aliphatic heterocycles. The van der Waals surface area contributed by atoms with Gasteiger partial charge < -0.3 is 4.74 Å². The van der Waals surface area contributed by atoms with Gasteiger partial charge in [-0.1, -0.05) is 17.7 Å². The number of thiophene rings is 1. The highest BCUT2D eigenvalue weighted by molar-refractivity contribution is 7.09. The maximum atomic E-state index is 10.8. The number of hydrogen-bond donors (Lipinski definition) is 0. The van der Waals surface area contributed by atoms with Crippen molar-refractivity contribution in [2.75, 3.05) is 0 Å². The van der Waals surface area contributed by atoms with Crippen molar-refractivity contribution in [1.29, 1.82) is 0 Å². The first-order valence-corrected chi connectivity index (χ1v) is 6.01. The molecular formula is C11H8ClNO3S. The second-order valence-electron chi connectivity index (χ2n) is 3.24. The lowest BCUT2D eigenvalue weighted by atomic mass is 10.3. The van der Waals surface area contributed by atoms with Crippen molar-refractivity contribution in [3.8, 4) is 5.75 Å². The van der Waals surface area contributed by atoms with Crippen molar-refractivity contribution in [2.24, 2.45) is 0 Å². The van der Waals surface area contributed by atoms with Gasteiger partial charge in [-0.2, -0.15) is 0 Å². The Morgan fingerprint density at radius 3 is 2.88 bits per heavy atom. The lowest BCUT2D eigenvalue weighted by molar-refractivity contribution is -0.385. The van der Waals surface area contributed by atoms with E-state index in [0.717, 1.165) is 4.88 Å². The first-order chi connectivity index (χ1) is 8.16. The summed E-state index contributed by atoms with van der Waals surface area (Å²) in [5.74, 6) is 0.191. The molecule has 0 N–H and O–H groups in total. The smallest absolute Gasteiger partial charge is 0.311 e. The van der Waals surface area contributed by atoms with Gasteiger partial charge in [0, 0.05) is 22.0 Å². The summed E-state index contributed by atoms with van der Waals surface area (Å²) in [6.07, 6.45) is 0. The number of hydrogen-bond acceptors (Lipinski definition) is 4. The monoisotopic (exact) mass is 269 g/mol. The predicted octanol–water partition coefficient (Wildman–Crippen LogP) is 3.89. The minimum atomic E-state index is -0.486. The van der Waals surface area contributed by atoms with Crippen LogP contribution in [0.25, 0.3) is 0 Å². The van der Waals surface area contributed by atoms with E-state index in [1.54, 1.807) is 0 Å². The summed E-state index contributed by atoms with van der Waals surface area (Å²) in [5, 5.41) is 13.1. The lowest BCUT2D eigenvalue weighted by Crippen LogP contribution is -1.97. The van der Waals surface area contributed by atoms with E-state index < -0.39 is 4.92 Å². The number of ether oxygens (including phenoxy) is 1. The largest absolute Gasteiger partial charge is 0.481 e. The number of nitro benzene ring substituents is 1. The summed E-state index contributed by atoms with van der Waals surface area (Å²) < 4.78 is 5.41. The molecule has 0 saturated heterocycles. The second kappa shape index (κ2) is 5.16. The summed E-state index contributed by atoms with van der Waals surface area (Å²) in [6, 6.07) is 8.06. The van der Waals surface area contributed by atoms with Gasteiger partial charge >= 0.3 is 5.69 Å². The van der Waals surface area contributed by atoms with Crippen LogP contribution in [-0.4, -0.2) is 4.92 Å². The summed E-state index contributed by atoms with van der Waals surface area (Å²) in [5.41, 5.74) is -0.0778. The van der Waals surface area contributed by atoms with Crippen LogP contribution in [0.4, 0.5) is 5.69 Å². The van der Waals surface area contributed by atoms with Crippen molar-refractivity contribution in [3.63, 3.8) is 0 Å². The molecule has 17 heavy (non-hydrogen) atoms. The van der Waals surface area contributed by atoms with Crippen molar-refractivity contribution in [1.82, 2.24) is 0 Å². The van der Waals surface area contributed by atoms with Gasteiger partial charge in [-0.25, -0.2) is 0 Å². The van der Waals surface area contributed by atoms with Crippen molar-refractivity contribution < 1.29 is 9.66 Å². The van der Waals surface area contributed by atoms with Gasteiger partial charge in [-0.05, 0) is 17.5 Å². The van der Waals surface area contributed by atoms with Crippen LogP contribution in [-0.2, 0) is 6.61 Å². The Bertz CT molecular complexity index is 528. The van der Waals surface area contributed by atoms with E-state index in [0.29, 0.717) is 11.6 Å². The fraction of sp³-hybridized carbons (Fsp3) is 0.0909. The number of nitro groups is 1.